The summed E-state index contributed by atoms with van der Waals surface area (Å²) in [6, 6.07) is 25.2. The van der Waals surface area contributed by atoms with Crippen LogP contribution in [-0.2, 0) is 43.7 Å². The molecule has 3 aromatic carbocycles. The van der Waals surface area contributed by atoms with Crippen molar-refractivity contribution in [3.63, 3.8) is 0 Å². The molecule has 0 unspecified atom stereocenters. The van der Waals surface area contributed by atoms with Crippen molar-refractivity contribution in [2.45, 2.75) is 50.1 Å². The lowest BCUT2D eigenvalue weighted by molar-refractivity contribution is -0.141. The second-order valence-electron chi connectivity index (χ2n) is 9.50. The second kappa shape index (κ2) is 15.9. The molecule has 0 aliphatic heterocycles. The Balaban J connectivity index is 1.82. The zero-order valence-corrected chi connectivity index (χ0v) is 24.0. The predicted octanol–water partition coefficient (Wildman–Crippen LogP) is 3.71. The summed E-state index contributed by atoms with van der Waals surface area (Å²) in [4.78, 5) is 29.1. The zero-order valence-electron chi connectivity index (χ0n) is 23.2. The van der Waals surface area contributed by atoms with E-state index in [1.165, 1.54) is 0 Å². The van der Waals surface area contributed by atoms with Crippen LogP contribution in [-0.4, -0.2) is 58.0 Å². The van der Waals surface area contributed by atoms with Crippen LogP contribution in [0.2, 0.25) is 0 Å². The molecule has 0 spiro atoms. The number of nitrogens with zero attached hydrogens (tertiary/aromatic N) is 1. The monoisotopic (exact) mass is 565 g/mol. The minimum Gasteiger partial charge on any atom is -0.385 e. The standard InChI is InChI=1S/C31H39N3O5S/c1-3-33-40(37,38)28-18-15-25(16-19-28)17-20-30(35)34(24-27-13-8-5-9-14-27)29(23-26-11-6-4-7-12-26)31(36)32-21-10-22-39-2/h4-9,11-16,18-19,29,33H,3,10,17,20-24H2,1-2H3,(H,32,36)/t29-/m1/s1. The van der Waals surface area contributed by atoms with Gasteiger partial charge in [-0.25, -0.2) is 13.1 Å². The van der Waals surface area contributed by atoms with Crippen LogP contribution < -0.4 is 10.0 Å². The molecule has 0 radical (unpaired) electrons. The smallest absolute Gasteiger partial charge is 0.243 e. The van der Waals surface area contributed by atoms with Crippen LogP contribution in [0.3, 0.4) is 0 Å². The lowest BCUT2D eigenvalue weighted by atomic mass is 10.0. The van der Waals surface area contributed by atoms with Crippen molar-refractivity contribution in [1.82, 2.24) is 14.9 Å². The van der Waals surface area contributed by atoms with Crippen molar-refractivity contribution in [2.24, 2.45) is 0 Å². The molecule has 40 heavy (non-hydrogen) atoms. The van der Waals surface area contributed by atoms with Crippen molar-refractivity contribution >= 4 is 21.8 Å². The predicted molar refractivity (Wildman–Crippen MR) is 156 cm³/mol. The van der Waals surface area contributed by atoms with Crippen LogP contribution in [0.1, 0.15) is 36.5 Å². The molecule has 0 aliphatic rings. The molecule has 2 amide bonds. The fourth-order valence-corrected chi connectivity index (χ4v) is 5.42. The average Bonchev–Trinajstić information content (AvgIpc) is 2.97. The first-order valence-electron chi connectivity index (χ1n) is 13.6. The van der Waals surface area contributed by atoms with Gasteiger partial charge in [-0.1, -0.05) is 79.7 Å². The van der Waals surface area contributed by atoms with Crippen LogP contribution in [0.4, 0.5) is 0 Å². The van der Waals surface area contributed by atoms with Gasteiger partial charge in [0.05, 0.1) is 4.90 Å². The minimum atomic E-state index is -3.55. The number of ether oxygens (including phenoxy) is 1. The van der Waals surface area contributed by atoms with Crippen molar-refractivity contribution in [3.8, 4) is 0 Å². The largest absolute Gasteiger partial charge is 0.385 e. The third-order valence-corrected chi connectivity index (χ3v) is 8.05. The average molecular weight is 566 g/mol. The van der Waals surface area contributed by atoms with Crippen molar-refractivity contribution < 1.29 is 22.7 Å². The van der Waals surface area contributed by atoms with E-state index in [1.54, 1.807) is 43.2 Å². The first-order valence-corrected chi connectivity index (χ1v) is 15.0. The van der Waals surface area contributed by atoms with Crippen molar-refractivity contribution in [3.05, 3.63) is 102 Å². The van der Waals surface area contributed by atoms with E-state index in [1.807, 2.05) is 60.7 Å². The van der Waals surface area contributed by atoms with Crippen LogP contribution in [0.15, 0.2) is 89.8 Å². The molecule has 0 bridgehead atoms. The van der Waals surface area contributed by atoms with Crippen molar-refractivity contribution in [2.75, 3.05) is 26.8 Å². The highest BCUT2D eigenvalue weighted by atomic mass is 32.2. The van der Waals surface area contributed by atoms with Crippen LogP contribution in [0, 0.1) is 0 Å². The number of methoxy groups -OCH3 is 1. The van der Waals surface area contributed by atoms with E-state index in [0.29, 0.717) is 45.5 Å². The number of hydrogen-bond donors (Lipinski definition) is 2. The van der Waals surface area contributed by atoms with Crippen LogP contribution in [0.5, 0.6) is 0 Å². The summed E-state index contributed by atoms with van der Waals surface area (Å²) < 4.78 is 32.1. The Morgan fingerprint density at radius 3 is 2.10 bits per heavy atom. The maximum atomic E-state index is 13.8. The molecule has 1 atom stereocenters. The van der Waals surface area contributed by atoms with Gasteiger partial charge in [-0.3, -0.25) is 9.59 Å². The maximum absolute atomic E-state index is 13.8. The van der Waals surface area contributed by atoms with E-state index in [4.69, 9.17) is 4.74 Å². The molecule has 2 N–H and O–H groups in total. The zero-order chi connectivity index (χ0) is 28.8. The lowest BCUT2D eigenvalue weighted by Gasteiger charge is -2.31. The molecular weight excluding hydrogens is 526 g/mol. The number of amides is 2. The Kier molecular flexibility index (Phi) is 12.3. The summed E-state index contributed by atoms with van der Waals surface area (Å²) in [5, 5.41) is 2.99. The highest BCUT2D eigenvalue weighted by Crippen LogP contribution is 2.18. The maximum Gasteiger partial charge on any atom is 0.243 e. The number of sulfonamides is 1. The van der Waals surface area contributed by atoms with Gasteiger partial charge in [0.15, 0.2) is 0 Å². The van der Waals surface area contributed by atoms with Gasteiger partial charge in [-0.15, -0.1) is 0 Å². The summed E-state index contributed by atoms with van der Waals surface area (Å²) in [5.41, 5.74) is 2.73. The van der Waals surface area contributed by atoms with Crippen LogP contribution in [0.25, 0.3) is 0 Å². The van der Waals surface area contributed by atoms with Gasteiger partial charge in [0.1, 0.15) is 6.04 Å². The number of rotatable bonds is 16. The molecule has 0 heterocycles. The van der Waals surface area contributed by atoms with Gasteiger partial charge in [0.2, 0.25) is 21.8 Å². The minimum absolute atomic E-state index is 0.152. The molecule has 8 nitrogen and oxygen atoms in total. The number of carbonyl (C=O) groups excluding carboxylic acids is 2. The molecular formula is C31H39N3O5S. The molecule has 0 saturated heterocycles. The summed E-state index contributed by atoms with van der Waals surface area (Å²) in [7, 11) is -1.93. The SMILES string of the molecule is CCNS(=O)(=O)c1ccc(CCC(=O)N(Cc2ccccc2)[C@H](Cc2ccccc2)C(=O)NCCCOC)cc1. The van der Waals surface area contributed by atoms with Crippen LogP contribution >= 0.6 is 0 Å². The van der Waals surface area contributed by atoms with E-state index in [-0.39, 0.29) is 23.1 Å². The highest BCUT2D eigenvalue weighted by Gasteiger charge is 2.30. The van der Waals surface area contributed by atoms with Gasteiger partial charge < -0.3 is 15.0 Å². The topological polar surface area (TPSA) is 105 Å². The Labute approximate surface area is 237 Å². The Morgan fingerprint density at radius 1 is 0.875 bits per heavy atom. The Hall–Kier alpha value is -3.53. The number of hydrogen-bond acceptors (Lipinski definition) is 5. The molecule has 3 rings (SSSR count). The summed E-state index contributed by atoms with van der Waals surface area (Å²) in [6.07, 6.45) is 1.65. The number of nitrogens with one attached hydrogen (secondary N) is 2. The van der Waals surface area contributed by atoms with Gasteiger partial charge in [-0.2, -0.15) is 0 Å². The van der Waals surface area contributed by atoms with E-state index < -0.39 is 16.1 Å². The number of aryl methyl sites for hydroxylation is 1. The molecule has 0 saturated carbocycles. The summed E-state index contributed by atoms with van der Waals surface area (Å²) in [5.74, 6) is -0.358. The van der Waals surface area contributed by atoms with E-state index in [0.717, 1.165) is 16.7 Å². The number of benzene rings is 3. The quantitative estimate of drug-likeness (QED) is 0.258. The third-order valence-electron chi connectivity index (χ3n) is 6.49. The number of carbonyl (C=O) groups is 2. The first kappa shape index (κ1) is 31.0. The second-order valence-corrected chi connectivity index (χ2v) is 11.3. The fourth-order valence-electron chi connectivity index (χ4n) is 4.38. The summed E-state index contributed by atoms with van der Waals surface area (Å²) in [6.45, 7) is 3.31. The Morgan fingerprint density at radius 2 is 1.50 bits per heavy atom. The highest BCUT2D eigenvalue weighted by molar-refractivity contribution is 7.89. The molecule has 0 aromatic heterocycles. The molecule has 0 aliphatic carbocycles. The Bertz CT molecular complexity index is 1300. The van der Waals surface area contributed by atoms with Gasteiger partial charge in [-0.05, 0) is 41.7 Å². The molecule has 214 valence electrons. The first-order chi connectivity index (χ1) is 19.3. The normalized spacial score (nSPS) is 12.1. The van der Waals surface area contributed by atoms with E-state index in [2.05, 4.69) is 10.0 Å². The molecule has 9 heteroatoms. The molecule has 3 aromatic rings. The van der Waals surface area contributed by atoms with Gasteiger partial charge in [0.25, 0.3) is 0 Å². The fraction of sp³-hybridized carbons (Fsp3) is 0.355. The summed E-state index contributed by atoms with van der Waals surface area (Å²) >= 11 is 0. The van der Waals surface area contributed by atoms with Crippen molar-refractivity contribution in [1.29, 1.82) is 0 Å². The van der Waals surface area contributed by atoms with E-state index in [9.17, 15) is 18.0 Å². The third kappa shape index (κ3) is 9.59. The van der Waals surface area contributed by atoms with E-state index >= 15 is 0 Å². The molecule has 0 fully saturated rings. The lowest BCUT2D eigenvalue weighted by Crippen LogP contribution is -2.50. The van der Waals surface area contributed by atoms with Gasteiger partial charge in [0, 0.05) is 46.2 Å². The van der Waals surface area contributed by atoms with Gasteiger partial charge >= 0.3 is 0 Å².